The van der Waals surface area contributed by atoms with Crippen molar-refractivity contribution in [2.75, 3.05) is 0 Å². The number of aromatic amines is 1. The van der Waals surface area contributed by atoms with E-state index in [4.69, 9.17) is 4.84 Å². The standard InChI is InChI=1S/C20H14N4O2S/c25-20-21-9-8-15(23-20)13-5-3-7-18-19(13)14(11-22-27-18)16-10-12-4-1-2-6-17(12)26-24-16/h1-9,11,14H,10H2,(H,21,23,25). The van der Waals surface area contributed by atoms with Gasteiger partial charge in [0.25, 0.3) is 0 Å². The number of nitrogens with zero attached hydrogens (tertiary/aromatic N) is 3. The monoisotopic (exact) mass is 374 g/mol. The second-order valence-electron chi connectivity index (χ2n) is 6.29. The maximum Gasteiger partial charge on any atom is 0.345 e. The van der Waals surface area contributed by atoms with Crippen LogP contribution in [0.1, 0.15) is 17.0 Å². The molecule has 132 valence electrons. The molecule has 1 N–H and O–H groups in total. The van der Waals surface area contributed by atoms with E-state index in [1.165, 1.54) is 18.1 Å². The fourth-order valence-corrected chi connectivity index (χ4v) is 4.19. The van der Waals surface area contributed by atoms with Crippen molar-refractivity contribution in [1.82, 2.24) is 9.97 Å². The highest BCUT2D eigenvalue weighted by molar-refractivity contribution is 7.98. The molecule has 1 unspecified atom stereocenters. The van der Waals surface area contributed by atoms with Gasteiger partial charge in [0.15, 0.2) is 5.75 Å². The molecule has 3 aromatic rings. The van der Waals surface area contributed by atoms with E-state index in [1.54, 1.807) is 6.07 Å². The lowest BCUT2D eigenvalue weighted by atomic mass is 9.86. The highest BCUT2D eigenvalue weighted by Gasteiger charge is 2.29. The lowest BCUT2D eigenvalue weighted by Crippen LogP contribution is -2.23. The van der Waals surface area contributed by atoms with E-state index >= 15 is 0 Å². The molecule has 0 radical (unpaired) electrons. The third-order valence-electron chi connectivity index (χ3n) is 4.67. The highest BCUT2D eigenvalue weighted by atomic mass is 32.2. The van der Waals surface area contributed by atoms with Gasteiger partial charge in [-0.2, -0.15) is 0 Å². The fraction of sp³-hybridized carbons (Fsp3) is 0.100. The zero-order chi connectivity index (χ0) is 18.2. The number of hydrogen-bond donors (Lipinski definition) is 1. The van der Waals surface area contributed by atoms with Crippen LogP contribution in [0.5, 0.6) is 5.75 Å². The summed E-state index contributed by atoms with van der Waals surface area (Å²) >= 11 is 1.42. The van der Waals surface area contributed by atoms with Crippen LogP contribution in [-0.4, -0.2) is 21.9 Å². The van der Waals surface area contributed by atoms with E-state index < -0.39 is 0 Å². The third-order valence-corrected chi connectivity index (χ3v) is 5.45. The Bertz CT molecular complexity index is 1150. The topological polar surface area (TPSA) is 79.7 Å². The molecule has 0 amide bonds. The van der Waals surface area contributed by atoms with Gasteiger partial charge in [-0.3, -0.25) is 0 Å². The van der Waals surface area contributed by atoms with E-state index in [2.05, 4.69) is 19.5 Å². The summed E-state index contributed by atoms with van der Waals surface area (Å²) in [4.78, 5) is 24.9. The van der Waals surface area contributed by atoms with E-state index in [0.717, 1.165) is 38.7 Å². The SMILES string of the molecule is O=c1nccc(-c2cccc3c2C(C2=NOc4ccccc4C2)C=NS3)[nH]1. The molecule has 0 spiro atoms. The molecular formula is C20H14N4O2S. The first kappa shape index (κ1) is 16.0. The summed E-state index contributed by atoms with van der Waals surface area (Å²) in [5.74, 6) is 0.665. The van der Waals surface area contributed by atoms with Crippen molar-refractivity contribution in [1.29, 1.82) is 0 Å². The number of para-hydroxylation sites is 1. The molecule has 27 heavy (non-hydrogen) atoms. The summed E-state index contributed by atoms with van der Waals surface area (Å²) < 4.78 is 4.45. The number of aromatic nitrogens is 2. The first-order chi connectivity index (χ1) is 13.3. The summed E-state index contributed by atoms with van der Waals surface area (Å²) in [6.45, 7) is 0. The first-order valence-electron chi connectivity index (χ1n) is 8.50. The van der Waals surface area contributed by atoms with Gasteiger partial charge in [-0.15, -0.1) is 0 Å². The van der Waals surface area contributed by atoms with Crippen LogP contribution in [0.2, 0.25) is 0 Å². The van der Waals surface area contributed by atoms with E-state index in [0.29, 0.717) is 6.42 Å². The Balaban J connectivity index is 1.62. The molecule has 0 bridgehead atoms. The number of rotatable bonds is 2. The predicted octanol–water partition coefficient (Wildman–Crippen LogP) is 3.60. The molecule has 0 saturated carbocycles. The van der Waals surface area contributed by atoms with E-state index in [1.807, 2.05) is 48.7 Å². The number of fused-ring (bicyclic) bond motifs is 2. The van der Waals surface area contributed by atoms with Crippen molar-refractivity contribution in [2.24, 2.45) is 9.55 Å². The van der Waals surface area contributed by atoms with Gasteiger partial charge in [0.2, 0.25) is 0 Å². The van der Waals surface area contributed by atoms with E-state index in [9.17, 15) is 4.79 Å². The van der Waals surface area contributed by atoms with Crippen LogP contribution in [0.15, 0.2) is 74.0 Å². The van der Waals surface area contributed by atoms with Gasteiger partial charge < -0.3 is 9.82 Å². The summed E-state index contributed by atoms with van der Waals surface area (Å²) in [7, 11) is 0. The van der Waals surface area contributed by atoms with Crippen LogP contribution in [0.3, 0.4) is 0 Å². The van der Waals surface area contributed by atoms with Crippen molar-refractivity contribution in [3.8, 4) is 17.0 Å². The number of H-pyrrole nitrogens is 1. The minimum absolute atomic E-state index is 0.123. The fourth-order valence-electron chi connectivity index (χ4n) is 3.42. The molecule has 3 heterocycles. The van der Waals surface area contributed by atoms with Crippen LogP contribution in [0.4, 0.5) is 0 Å². The van der Waals surface area contributed by atoms with Gasteiger partial charge in [-0.05, 0) is 23.8 Å². The molecule has 0 aliphatic carbocycles. The summed E-state index contributed by atoms with van der Waals surface area (Å²) in [5.41, 5.74) is 4.36. The number of hydrogen-bond acceptors (Lipinski definition) is 6. The summed E-state index contributed by atoms with van der Waals surface area (Å²) in [5, 5.41) is 4.38. The first-order valence-corrected chi connectivity index (χ1v) is 9.28. The average Bonchev–Trinajstić information content (AvgIpc) is 2.72. The van der Waals surface area contributed by atoms with Gasteiger partial charge >= 0.3 is 5.69 Å². The van der Waals surface area contributed by atoms with Gasteiger partial charge in [0, 0.05) is 46.8 Å². The molecule has 2 aliphatic rings. The molecule has 2 aromatic carbocycles. The quantitative estimate of drug-likeness (QED) is 0.695. The van der Waals surface area contributed by atoms with Crippen LogP contribution < -0.4 is 10.5 Å². The summed E-state index contributed by atoms with van der Waals surface area (Å²) in [6, 6.07) is 15.7. The Morgan fingerprint density at radius 1 is 1.11 bits per heavy atom. The Hall–Kier alpha value is -3.19. The highest BCUT2D eigenvalue weighted by Crippen LogP contribution is 2.41. The Kier molecular flexibility index (Phi) is 3.86. The average molecular weight is 374 g/mol. The molecule has 1 aromatic heterocycles. The second kappa shape index (κ2) is 6.51. The molecule has 0 saturated heterocycles. The maximum atomic E-state index is 11.7. The number of benzene rings is 2. The second-order valence-corrected chi connectivity index (χ2v) is 7.12. The minimum Gasteiger partial charge on any atom is -0.357 e. The molecule has 2 aliphatic heterocycles. The van der Waals surface area contributed by atoms with Crippen LogP contribution >= 0.6 is 11.9 Å². The summed E-state index contributed by atoms with van der Waals surface area (Å²) in [6.07, 6.45) is 4.11. The molecule has 1 atom stereocenters. The van der Waals surface area contributed by atoms with Crippen molar-refractivity contribution in [3.63, 3.8) is 0 Å². The maximum absolute atomic E-state index is 11.7. The number of oxime groups is 1. The normalized spacial score (nSPS) is 17.5. The van der Waals surface area contributed by atoms with Crippen molar-refractivity contribution >= 4 is 23.9 Å². The van der Waals surface area contributed by atoms with Gasteiger partial charge in [-0.25, -0.2) is 14.2 Å². The van der Waals surface area contributed by atoms with E-state index in [-0.39, 0.29) is 11.6 Å². The van der Waals surface area contributed by atoms with Gasteiger partial charge in [0.1, 0.15) is 0 Å². The van der Waals surface area contributed by atoms with Crippen LogP contribution in [0.25, 0.3) is 11.3 Å². The Labute approximate surface area is 159 Å². The zero-order valence-electron chi connectivity index (χ0n) is 14.1. The Morgan fingerprint density at radius 2 is 2.04 bits per heavy atom. The molecule has 5 rings (SSSR count). The third kappa shape index (κ3) is 2.86. The van der Waals surface area contributed by atoms with Crippen molar-refractivity contribution in [3.05, 3.63) is 76.3 Å². The smallest absolute Gasteiger partial charge is 0.345 e. The molecule has 7 heteroatoms. The van der Waals surface area contributed by atoms with Crippen LogP contribution in [-0.2, 0) is 6.42 Å². The Morgan fingerprint density at radius 3 is 2.96 bits per heavy atom. The van der Waals surface area contributed by atoms with Crippen molar-refractivity contribution in [2.45, 2.75) is 17.2 Å². The predicted molar refractivity (Wildman–Crippen MR) is 106 cm³/mol. The largest absolute Gasteiger partial charge is 0.357 e. The van der Waals surface area contributed by atoms with Crippen LogP contribution in [0, 0.1) is 0 Å². The van der Waals surface area contributed by atoms with Gasteiger partial charge in [0.05, 0.1) is 17.3 Å². The molecule has 6 nitrogen and oxygen atoms in total. The zero-order valence-corrected chi connectivity index (χ0v) is 14.9. The minimum atomic E-state index is -0.369. The molecule has 0 fully saturated rings. The molecular weight excluding hydrogens is 360 g/mol. The lowest BCUT2D eigenvalue weighted by molar-refractivity contribution is 0.328. The lowest BCUT2D eigenvalue weighted by Gasteiger charge is -2.25. The number of nitrogens with one attached hydrogen (secondary N) is 1. The van der Waals surface area contributed by atoms with Crippen molar-refractivity contribution < 1.29 is 4.84 Å². The van der Waals surface area contributed by atoms with Gasteiger partial charge in [-0.1, -0.05) is 35.5 Å².